The number of para-hydroxylation sites is 1. The van der Waals surface area contributed by atoms with Gasteiger partial charge in [-0.25, -0.2) is 0 Å². The summed E-state index contributed by atoms with van der Waals surface area (Å²) < 4.78 is 2.06. The maximum atomic E-state index is 4.39. The van der Waals surface area contributed by atoms with E-state index in [1.54, 1.807) is 6.20 Å². The number of rotatable bonds is 3. The van der Waals surface area contributed by atoms with Crippen LogP contribution in [0.1, 0.15) is 0 Å². The van der Waals surface area contributed by atoms with Crippen LogP contribution in [0.5, 0.6) is 0 Å². The number of pyridine rings is 1. The Morgan fingerprint density at radius 1 is 0.581 bits per heavy atom. The van der Waals surface area contributed by atoms with E-state index < -0.39 is 0 Å². The van der Waals surface area contributed by atoms with Crippen molar-refractivity contribution in [3.63, 3.8) is 0 Å². The molecule has 0 bridgehead atoms. The molecule has 3 nitrogen and oxygen atoms in total. The van der Waals surface area contributed by atoms with E-state index in [4.69, 9.17) is 0 Å². The monoisotopic (exact) mass is 759 g/mol. The second-order valence-electron chi connectivity index (χ2n) is 6.22. The van der Waals surface area contributed by atoms with Crippen LogP contribution < -0.4 is 0 Å². The molecule has 0 aliphatic carbocycles. The molecular formula is C26H19Ir2N3-2. The Bertz CT molecular complexity index is 1040. The SMILES string of the molecule is [Ir].[Ir].[c-]1ccccc1-c1ccccn1.[c-]1ccccc1-c1nccn1-c1ccccc1. The topological polar surface area (TPSA) is 30.7 Å². The van der Waals surface area contributed by atoms with Gasteiger partial charge in [-0.1, -0.05) is 30.3 Å². The first-order valence-electron chi connectivity index (χ1n) is 9.36. The molecule has 0 atom stereocenters. The third kappa shape index (κ3) is 6.65. The minimum atomic E-state index is 0. The van der Waals surface area contributed by atoms with Crippen LogP contribution in [-0.4, -0.2) is 14.5 Å². The van der Waals surface area contributed by atoms with E-state index in [1.165, 1.54) is 0 Å². The summed E-state index contributed by atoms with van der Waals surface area (Å²) in [6, 6.07) is 38.1. The molecule has 5 aromatic rings. The van der Waals surface area contributed by atoms with Gasteiger partial charge in [0.2, 0.25) is 0 Å². The zero-order valence-electron chi connectivity index (χ0n) is 16.5. The van der Waals surface area contributed by atoms with Crippen molar-refractivity contribution in [2.45, 2.75) is 0 Å². The van der Waals surface area contributed by atoms with Gasteiger partial charge >= 0.3 is 0 Å². The maximum absolute atomic E-state index is 4.39. The minimum absolute atomic E-state index is 0. The van der Waals surface area contributed by atoms with E-state index in [0.29, 0.717) is 0 Å². The number of benzene rings is 3. The molecule has 3 aromatic carbocycles. The molecule has 0 aliphatic rings. The quantitative estimate of drug-likeness (QED) is 0.216. The van der Waals surface area contributed by atoms with Gasteiger partial charge in [-0.3, -0.25) is 4.98 Å². The molecule has 0 fully saturated rings. The van der Waals surface area contributed by atoms with E-state index in [0.717, 1.165) is 28.3 Å². The van der Waals surface area contributed by atoms with Crippen molar-refractivity contribution in [2.75, 3.05) is 0 Å². The largest absolute Gasteiger partial charge is 0.340 e. The molecule has 0 saturated carbocycles. The van der Waals surface area contributed by atoms with Crippen LogP contribution in [0.3, 0.4) is 0 Å². The van der Waals surface area contributed by atoms with Crippen LogP contribution in [0.15, 0.2) is 116 Å². The summed E-state index contributed by atoms with van der Waals surface area (Å²) in [6.07, 6.45) is 5.56. The van der Waals surface area contributed by atoms with Crippen LogP contribution in [0.4, 0.5) is 0 Å². The number of hydrogen-bond acceptors (Lipinski definition) is 2. The van der Waals surface area contributed by atoms with E-state index in [1.807, 2.05) is 97.3 Å². The first kappa shape index (κ1) is 24.6. The molecule has 2 aromatic heterocycles. The van der Waals surface area contributed by atoms with Gasteiger partial charge in [0.1, 0.15) is 0 Å². The molecule has 0 aliphatic heterocycles. The van der Waals surface area contributed by atoms with Gasteiger partial charge < -0.3 is 9.55 Å². The van der Waals surface area contributed by atoms with Crippen molar-refractivity contribution in [3.8, 4) is 28.3 Å². The van der Waals surface area contributed by atoms with Crippen molar-refractivity contribution >= 4 is 0 Å². The van der Waals surface area contributed by atoms with Crippen molar-refractivity contribution in [3.05, 3.63) is 128 Å². The van der Waals surface area contributed by atoms with Gasteiger partial charge in [0.25, 0.3) is 0 Å². The first-order chi connectivity index (χ1) is 14.4. The second-order valence-corrected chi connectivity index (χ2v) is 6.22. The zero-order chi connectivity index (χ0) is 19.7. The van der Waals surface area contributed by atoms with Crippen LogP contribution in [0.2, 0.25) is 0 Å². The van der Waals surface area contributed by atoms with E-state index in [-0.39, 0.29) is 40.2 Å². The Balaban J connectivity index is 0.000000218. The van der Waals surface area contributed by atoms with Crippen molar-refractivity contribution < 1.29 is 40.2 Å². The van der Waals surface area contributed by atoms with E-state index >= 15 is 0 Å². The molecule has 0 saturated heterocycles. The predicted octanol–water partition coefficient (Wildman–Crippen LogP) is 5.88. The number of hydrogen-bond donors (Lipinski definition) is 0. The zero-order valence-corrected chi connectivity index (χ0v) is 21.3. The van der Waals surface area contributed by atoms with Crippen LogP contribution in [0, 0.1) is 12.1 Å². The number of imidazole rings is 1. The molecule has 5 heteroatoms. The summed E-state index contributed by atoms with van der Waals surface area (Å²) in [5, 5.41) is 0. The van der Waals surface area contributed by atoms with Gasteiger partial charge in [-0.15, -0.1) is 71.8 Å². The van der Waals surface area contributed by atoms with Crippen LogP contribution >= 0.6 is 0 Å². The van der Waals surface area contributed by atoms with E-state index in [2.05, 4.69) is 38.8 Å². The Morgan fingerprint density at radius 3 is 1.84 bits per heavy atom. The van der Waals surface area contributed by atoms with Gasteiger partial charge in [-0.05, 0) is 23.9 Å². The summed E-state index contributed by atoms with van der Waals surface area (Å²) in [6.45, 7) is 0. The summed E-state index contributed by atoms with van der Waals surface area (Å²) in [4.78, 5) is 8.61. The molecule has 0 unspecified atom stereocenters. The third-order valence-corrected chi connectivity index (χ3v) is 4.27. The molecule has 5 rings (SSSR count). The summed E-state index contributed by atoms with van der Waals surface area (Å²) in [5.41, 5.74) is 4.12. The molecule has 158 valence electrons. The molecular weight excluding hydrogens is 739 g/mol. The van der Waals surface area contributed by atoms with Crippen molar-refractivity contribution in [1.82, 2.24) is 14.5 Å². The molecule has 2 radical (unpaired) electrons. The standard InChI is InChI=1S/C15H11N2.C11H8N.2Ir/c1-3-7-13(8-4-1)15-16-11-12-17(15)14-9-5-2-6-10-14;1-2-6-10(7-3-1)11-8-4-5-9-12-11;;/h1-7,9-12H;1-6,8-9H;;/q2*-1;;. The fourth-order valence-electron chi connectivity index (χ4n) is 2.91. The molecule has 0 spiro atoms. The number of aromatic nitrogens is 3. The normalized spacial score (nSPS) is 9.42. The number of nitrogens with zero attached hydrogens (tertiary/aromatic N) is 3. The first-order valence-corrected chi connectivity index (χ1v) is 9.36. The third-order valence-electron chi connectivity index (χ3n) is 4.27. The second kappa shape index (κ2) is 12.9. The smallest absolute Gasteiger partial charge is 0.0602 e. The van der Waals surface area contributed by atoms with Crippen molar-refractivity contribution in [2.24, 2.45) is 0 Å². The Labute approximate surface area is 209 Å². The van der Waals surface area contributed by atoms with Crippen LogP contribution in [-0.2, 0) is 40.2 Å². The van der Waals surface area contributed by atoms with Crippen molar-refractivity contribution in [1.29, 1.82) is 0 Å². The molecule has 31 heavy (non-hydrogen) atoms. The van der Waals surface area contributed by atoms with Crippen LogP contribution in [0.25, 0.3) is 28.3 Å². The Kier molecular flexibility index (Phi) is 10.2. The summed E-state index contributed by atoms with van der Waals surface area (Å²) in [7, 11) is 0. The average Bonchev–Trinajstić information content (AvgIpc) is 3.32. The summed E-state index contributed by atoms with van der Waals surface area (Å²) in [5.74, 6) is 0.914. The predicted molar refractivity (Wildman–Crippen MR) is 116 cm³/mol. The van der Waals surface area contributed by atoms with Gasteiger partial charge in [0, 0.05) is 64.5 Å². The van der Waals surface area contributed by atoms with E-state index in [9.17, 15) is 0 Å². The Hall–Kier alpha value is -2.68. The van der Waals surface area contributed by atoms with Gasteiger partial charge in [-0.2, -0.15) is 0 Å². The minimum Gasteiger partial charge on any atom is -0.340 e. The molecule has 2 heterocycles. The molecule has 0 N–H and O–H groups in total. The fraction of sp³-hybridized carbons (Fsp3) is 0. The fourth-order valence-corrected chi connectivity index (χ4v) is 2.91. The van der Waals surface area contributed by atoms with Gasteiger partial charge in [0.15, 0.2) is 0 Å². The van der Waals surface area contributed by atoms with Gasteiger partial charge in [0.05, 0.1) is 5.82 Å². The summed E-state index contributed by atoms with van der Waals surface area (Å²) >= 11 is 0. The average molecular weight is 758 g/mol. The Morgan fingerprint density at radius 2 is 1.23 bits per heavy atom. The maximum Gasteiger partial charge on any atom is 0.0602 e. The molecule has 0 amide bonds.